The molecule has 3 rings (SSSR count). The number of benzene rings is 2. The molecule has 6 nitrogen and oxygen atoms in total. The van der Waals surface area contributed by atoms with Gasteiger partial charge in [0.2, 0.25) is 0 Å². The minimum absolute atomic E-state index is 0.280. The number of anilines is 1. The highest BCUT2D eigenvalue weighted by Crippen LogP contribution is 2.27. The van der Waals surface area contributed by atoms with Crippen LogP contribution in [0.3, 0.4) is 0 Å². The lowest BCUT2D eigenvalue weighted by atomic mass is 10.2. The summed E-state index contributed by atoms with van der Waals surface area (Å²) in [6, 6.07) is 10.7. The van der Waals surface area contributed by atoms with E-state index in [1.165, 1.54) is 6.08 Å². The number of carboxylic acid groups (broad SMARTS) is 1. The summed E-state index contributed by atoms with van der Waals surface area (Å²) in [6.07, 6.45) is 2.33. The van der Waals surface area contributed by atoms with Gasteiger partial charge in [0.1, 0.15) is 11.6 Å². The molecule has 0 aliphatic carbocycles. The number of hydrogen-bond acceptors (Lipinski definition) is 5. The third-order valence-electron chi connectivity index (χ3n) is 3.73. The number of aromatic nitrogens is 2. The molecule has 2 aromatic carbocycles. The summed E-state index contributed by atoms with van der Waals surface area (Å²) in [7, 11) is 1.56. The molecular weight excluding hydrogens is 389 g/mol. The van der Waals surface area contributed by atoms with Gasteiger partial charge in [-0.15, -0.1) is 0 Å². The van der Waals surface area contributed by atoms with Crippen LogP contribution in [0, 0.1) is 0 Å². The molecule has 0 aliphatic rings. The molecule has 0 saturated carbocycles. The maximum atomic E-state index is 10.8. The average Bonchev–Trinajstić information content (AvgIpc) is 2.64. The Morgan fingerprint density at radius 1 is 1.22 bits per heavy atom. The lowest BCUT2D eigenvalue weighted by Gasteiger charge is -2.11. The maximum Gasteiger partial charge on any atom is 0.328 e. The van der Waals surface area contributed by atoms with Crippen LogP contribution in [0.4, 0.5) is 5.82 Å². The van der Waals surface area contributed by atoms with Gasteiger partial charge < -0.3 is 15.2 Å². The topological polar surface area (TPSA) is 84.3 Å². The molecule has 0 saturated heterocycles. The highest BCUT2D eigenvalue weighted by molar-refractivity contribution is 6.32. The second-order valence-electron chi connectivity index (χ2n) is 5.59. The smallest absolute Gasteiger partial charge is 0.328 e. The summed E-state index contributed by atoms with van der Waals surface area (Å²) in [4.78, 5) is 19.5. The highest BCUT2D eigenvalue weighted by atomic mass is 35.5. The van der Waals surface area contributed by atoms with Gasteiger partial charge in [-0.2, -0.15) is 0 Å². The molecule has 27 heavy (non-hydrogen) atoms. The minimum atomic E-state index is -1.07. The van der Waals surface area contributed by atoms with E-state index in [1.807, 2.05) is 6.07 Å². The molecule has 0 unspecified atom stereocenters. The van der Waals surface area contributed by atoms with E-state index in [4.69, 9.17) is 33.0 Å². The summed E-state index contributed by atoms with van der Waals surface area (Å²) in [5, 5.41) is 13.8. The first-order valence-corrected chi connectivity index (χ1v) is 8.66. The van der Waals surface area contributed by atoms with E-state index in [9.17, 15) is 4.79 Å². The summed E-state index contributed by atoms with van der Waals surface area (Å²) in [6.45, 7) is 0.449. The van der Waals surface area contributed by atoms with Gasteiger partial charge in [0, 0.05) is 23.0 Å². The van der Waals surface area contributed by atoms with E-state index >= 15 is 0 Å². The van der Waals surface area contributed by atoms with Gasteiger partial charge in [-0.25, -0.2) is 14.8 Å². The molecular formula is C19H15Cl2N3O3. The van der Waals surface area contributed by atoms with Crippen molar-refractivity contribution in [3.63, 3.8) is 0 Å². The molecule has 0 radical (unpaired) electrons. The van der Waals surface area contributed by atoms with Crippen molar-refractivity contribution in [3.05, 3.63) is 63.9 Å². The highest BCUT2D eigenvalue weighted by Gasteiger charge is 2.09. The number of halogens is 2. The lowest BCUT2D eigenvalue weighted by molar-refractivity contribution is -0.131. The van der Waals surface area contributed by atoms with E-state index in [2.05, 4.69) is 15.3 Å². The Bertz CT molecular complexity index is 1040. The summed E-state index contributed by atoms with van der Waals surface area (Å²) >= 11 is 12.3. The normalized spacial score (nSPS) is 11.1. The van der Waals surface area contributed by atoms with E-state index in [0.29, 0.717) is 33.7 Å². The average molecular weight is 404 g/mol. The Morgan fingerprint density at radius 3 is 2.74 bits per heavy atom. The van der Waals surface area contributed by atoms with Crippen LogP contribution in [0.15, 0.2) is 42.5 Å². The van der Waals surface area contributed by atoms with Crippen LogP contribution < -0.4 is 10.1 Å². The molecule has 3 aromatic rings. The van der Waals surface area contributed by atoms with Crippen LogP contribution in [0.1, 0.15) is 11.4 Å². The first kappa shape index (κ1) is 18.9. The van der Waals surface area contributed by atoms with Crippen molar-refractivity contribution >= 4 is 52.0 Å². The van der Waals surface area contributed by atoms with Crippen molar-refractivity contribution in [1.82, 2.24) is 9.97 Å². The zero-order chi connectivity index (χ0) is 19.4. The Balaban J connectivity index is 1.94. The van der Waals surface area contributed by atoms with Gasteiger partial charge in [0.25, 0.3) is 0 Å². The van der Waals surface area contributed by atoms with Crippen molar-refractivity contribution in [1.29, 1.82) is 0 Å². The second-order valence-corrected chi connectivity index (χ2v) is 6.43. The Hall–Kier alpha value is -2.83. The predicted octanol–water partition coefficient (Wildman–Crippen LogP) is 4.66. The summed E-state index contributed by atoms with van der Waals surface area (Å²) in [5.41, 5.74) is 1.58. The molecule has 0 bridgehead atoms. The van der Waals surface area contributed by atoms with Crippen molar-refractivity contribution in [3.8, 4) is 5.75 Å². The Labute approximate surface area is 165 Å². The van der Waals surface area contributed by atoms with Gasteiger partial charge in [0.05, 0.1) is 17.6 Å². The van der Waals surface area contributed by atoms with E-state index in [0.717, 1.165) is 17.0 Å². The van der Waals surface area contributed by atoms with Crippen LogP contribution in [0.2, 0.25) is 10.0 Å². The number of rotatable bonds is 6. The van der Waals surface area contributed by atoms with E-state index < -0.39 is 5.97 Å². The quantitative estimate of drug-likeness (QED) is 0.582. The van der Waals surface area contributed by atoms with Gasteiger partial charge in [0.15, 0.2) is 5.82 Å². The second kappa shape index (κ2) is 8.24. The largest absolute Gasteiger partial charge is 0.495 e. The standard InChI is InChI=1S/C19H15Cl2N3O3/c1-27-16-5-2-11(8-14(16)21)10-22-19-13-9-12(20)3-4-15(13)23-17(24-19)6-7-18(25)26/h2-9H,10H2,1H3,(H,25,26)(H,22,23,24)/b7-6+. The molecule has 0 fully saturated rings. The van der Waals surface area contributed by atoms with Crippen molar-refractivity contribution in [2.45, 2.75) is 6.54 Å². The van der Waals surface area contributed by atoms with Gasteiger partial charge in [-0.1, -0.05) is 29.3 Å². The fraction of sp³-hybridized carbons (Fsp3) is 0.105. The van der Waals surface area contributed by atoms with Gasteiger partial charge in [-0.05, 0) is 42.0 Å². The lowest BCUT2D eigenvalue weighted by Crippen LogP contribution is -2.04. The van der Waals surface area contributed by atoms with Crippen LogP contribution in [0.5, 0.6) is 5.75 Å². The number of nitrogens with one attached hydrogen (secondary N) is 1. The van der Waals surface area contributed by atoms with Gasteiger partial charge >= 0.3 is 5.97 Å². The molecule has 1 heterocycles. The zero-order valence-electron chi connectivity index (χ0n) is 14.2. The van der Waals surface area contributed by atoms with E-state index in [-0.39, 0.29) is 5.82 Å². The number of ether oxygens (including phenoxy) is 1. The maximum absolute atomic E-state index is 10.8. The molecule has 1 aromatic heterocycles. The minimum Gasteiger partial charge on any atom is -0.495 e. The van der Waals surface area contributed by atoms with Crippen molar-refractivity contribution < 1.29 is 14.6 Å². The van der Waals surface area contributed by atoms with Crippen LogP contribution >= 0.6 is 23.2 Å². The fourth-order valence-corrected chi connectivity index (χ4v) is 2.93. The van der Waals surface area contributed by atoms with E-state index in [1.54, 1.807) is 37.4 Å². The first-order chi connectivity index (χ1) is 13.0. The van der Waals surface area contributed by atoms with Crippen molar-refractivity contribution in [2.75, 3.05) is 12.4 Å². The SMILES string of the molecule is COc1ccc(CNc2nc(/C=C/C(=O)O)nc3ccc(Cl)cc23)cc1Cl. The number of carbonyl (C=O) groups is 1. The van der Waals surface area contributed by atoms with Crippen LogP contribution in [0.25, 0.3) is 17.0 Å². The number of nitrogens with zero attached hydrogens (tertiary/aromatic N) is 2. The summed E-state index contributed by atoms with van der Waals surface area (Å²) < 4.78 is 5.15. The third kappa shape index (κ3) is 4.67. The Morgan fingerprint density at radius 2 is 2.04 bits per heavy atom. The number of fused-ring (bicyclic) bond motifs is 1. The molecule has 0 atom stereocenters. The predicted molar refractivity (Wildman–Crippen MR) is 107 cm³/mol. The number of hydrogen-bond donors (Lipinski definition) is 2. The fourth-order valence-electron chi connectivity index (χ4n) is 2.48. The third-order valence-corrected chi connectivity index (χ3v) is 4.26. The number of carboxylic acids is 1. The number of methoxy groups -OCH3 is 1. The summed E-state index contributed by atoms with van der Waals surface area (Å²) in [5.74, 6) is 0.347. The van der Waals surface area contributed by atoms with Crippen LogP contribution in [-0.2, 0) is 11.3 Å². The molecule has 138 valence electrons. The molecule has 2 N–H and O–H groups in total. The van der Waals surface area contributed by atoms with Gasteiger partial charge in [-0.3, -0.25) is 0 Å². The molecule has 0 amide bonds. The number of aliphatic carboxylic acids is 1. The Kier molecular flexibility index (Phi) is 5.78. The van der Waals surface area contributed by atoms with Crippen molar-refractivity contribution in [2.24, 2.45) is 0 Å². The molecule has 0 aliphatic heterocycles. The first-order valence-electron chi connectivity index (χ1n) is 7.91. The van der Waals surface area contributed by atoms with Crippen LogP contribution in [-0.4, -0.2) is 28.2 Å². The molecule has 0 spiro atoms. The zero-order valence-corrected chi connectivity index (χ0v) is 15.8. The molecule has 8 heteroatoms. The monoisotopic (exact) mass is 403 g/mol.